The summed E-state index contributed by atoms with van der Waals surface area (Å²) in [4.78, 5) is 2.61. The summed E-state index contributed by atoms with van der Waals surface area (Å²) in [5.41, 5.74) is 24.0. The molecule has 2 atom stereocenters. The zero-order valence-electron chi connectivity index (χ0n) is 33.5. The Morgan fingerprint density at radius 1 is 0.474 bits per heavy atom. The Kier molecular flexibility index (Phi) is 6.62. The molecule has 1 nitrogen and oxygen atoms in total. The van der Waals surface area contributed by atoms with Crippen molar-refractivity contribution in [3.8, 4) is 33.4 Å². The molecule has 7 aromatic rings. The quantitative estimate of drug-likeness (QED) is 0.163. The van der Waals surface area contributed by atoms with Gasteiger partial charge in [-0.05, 0) is 121 Å². The van der Waals surface area contributed by atoms with Gasteiger partial charge in [-0.15, -0.1) is 0 Å². The second kappa shape index (κ2) is 11.4. The maximum atomic E-state index is 2.61. The van der Waals surface area contributed by atoms with Crippen LogP contribution in [0.15, 0.2) is 163 Å². The van der Waals surface area contributed by atoms with Crippen LogP contribution in [0.3, 0.4) is 0 Å². The van der Waals surface area contributed by atoms with E-state index in [4.69, 9.17) is 0 Å². The Morgan fingerprint density at radius 3 is 1.68 bits per heavy atom. The minimum Gasteiger partial charge on any atom is -0.310 e. The molecule has 0 bridgehead atoms. The van der Waals surface area contributed by atoms with Gasteiger partial charge in [0, 0.05) is 33.7 Å². The van der Waals surface area contributed by atoms with Crippen molar-refractivity contribution in [1.82, 2.24) is 0 Å². The number of benzene rings is 7. The van der Waals surface area contributed by atoms with Crippen LogP contribution < -0.4 is 4.90 Å². The molecule has 1 spiro atoms. The molecular weight excluding hydrogens is 687 g/mol. The van der Waals surface area contributed by atoms with Gasteiger partial charge in [-0.2, -0.15) is 0 Å². The molecule has 0 saturated carbocycles. The van der Waals surface area contributed by atoms with Gasteiger partial charge in [0.05, 0.1) is 11.1 Å². The maximum Gasteiger partial charge on any atom is 0.0726 e. The van der Waals surface area contributed by atoms with Gasteiger partial charge < -0.3 is 4.90 Å². The minimum absolute atomic E-state index is 0.0233. The molecule has 0 amide bonds. The van der Waals surface area contributed by atoms with Crippen LogP contribution in [0, 0.1) is 5.92 Å². The van der Waals surface area contributed by atoms with Gasteiger partial charge in [0.1, 0.15) is 0 Å². The molecular formula is C56H47N. The number of hydrogen-bond acceptors (Lipinski definition) is 1. The van der Waals surface area contributed by atoms with Gasteiger partial charge >= 0.3 is 0 Å². The SMILES string of the molecule is CC1CCC=C2C1c1ccc(N(c3ccc4c(c3)C(C)(C)c3ccccc3-4)c3cccc4c3-c3ccccc3C43c4ccccc4-c4ccccc43)cc1C2(C)C. The first-order valence-corrected chi connectivity index (χ1v) is 21.0. The van der Waals surface area contributed by atoms with Crippen molar-refractivity contribution in [1.29, 1.82) is 0 Å². The lowest BCUT2D eigenvalue weighted by molar-refractivity contribution is 0.433. The van der Waals surface area contributed by atoms with E-state index in [0.717, 1.165) is 0 Å². The molecule has 7 aromatic carbocycles. The molecule has 57 heavy (non-hydrogen) atoms. The predicted molar refractivity (Wildman–Crippen MR) is 237 cm³/mol. The van der Waals surface area contributed by atoms with Crippen LogP contribution in [0.4, 0.5) is 17.1 Å². The highest BCUT2D eigenvalue weighted by molar-refractivity contribution is 6.01. The Balaban J connectivity index is 1.15. The van der Waals surface area contributed by atoms with E-state index in [1.54, 1.807) is 5.57 Å². The number of rotatable bonds is 3. The molecule has 5 aliphatic carbocycles. The zero-order chi connectivity index (χ0) is 38.4. The molecule has 0 aliphatic heterocycles. The largest absolute Gasteiger partial charge is 0.310 e. The van der Waals surface area contributed by atoms with Crippen molar-refractivity contribution in [2.45, 2.75) is 69.6 Å². The normalized spacial score (nSPS) is 20.1. The Labute approximate surface area is 337 Å². The van der Waals surface area contributed by atoms with E-state index in [1.165, 1.54) is 108 Å². The highest BCUT2D eigenvalue weighted by atomic mass is 15.1. The first-order chi connectivity index (χ1) is 27.7. The summed E-state index contributed by atoms with van der Waals surface area (Å²) in [7, 11) is 0. The molecule has 1 heteroatoms. The van der Waals surface area contributed by atoms with Gasteiger partial charge in [0.2, 0.25) is 0 Å². The van der Waals surface area contributed by atoms with Gasteiger partial charge in [0.25, 0.3) is 0 Å². The van der Waals surface area contributed by atoms with E-state index < -0.39 is 5.41 Å². The second-order valence-electron chi connectivity index (χ2n) is 18.4. The van der Waals surface area contributed by atoms with E-state index in [-0.39, 0.29) is 10.8 Å². The second-order valence-corrected chi connectivity index (χ2v) is 18.4. The van der Waals surface area contributed by atoms with Gasteiger partial charge in [0.15, 0.2) is 0 Å². The highest BCUT2D eigenvalue weighted by Gasteiger charge is 2.52. The molecule has 0 heterocycles. The zero-order valence-corrected chi connectivity index (χ0v) is 33.5. The molecule has 0 aromatic heterocycles. The summed E-state index contributed by atoms with van der Waals surface area (Å²) in [5.74, 6) is 1.15. The third-order valence-corrected chi connectivity index (χ3v) is 15.0. The molecule has 5 aliphatic rings. The molecule has 0 N–H and O–H groups in total. The smallest absolute Gasteiger partial charge is 0.0726 e. The molecule has 0 fully saturated rings. The fourth-order valence-electron chi connectivity index (χ4n) is 12.4. The fraction of sp³-hybridized carbons (Fsp3) is 0.214. The molecule has 0 saturated heterocycles. The van der Waals surface area contributed by atoms with Crippen molar-refractivity contribution in [2.24, 2.45) is 5.92 Å². The summed E-state index contributed by atoms with van der Waals surface area (Å²) in [6.45, 7) is 12.2. The van der Waals surface area contributed by atoms with Crippen LogP contribution in [-0.2, 0) is 16.2 Å². The van der Waals surface area contributed by atoms with Gasteiger partial charge in [-0.3, -0.25) is 0 Å². The van der Waals surface area contributed by atoms with Gasteiger partial charge in [-0.1, -0.05) is 168 Å². The molecule has 12 rings (SSSR count). The Morgan fingerprint density at radius 2 is 1.00 bits per heavy atom. The summed E-state index contributed by atoms with van der Waals surface area (Å²) in [6.07, 6.45) is 5.01. The lowest BCUT2D eigenvalue weighted by Crippen LogP contribution is -2.26. The Hall–Kier alpha value is -5.92. The minimum atomic E-state index is -0.402. The van der Waals surface area contributed by atoms with Crippen LogP contribution in [-0.4, -0.2) is 0 Å². The number of fused-ring (bicyclic) bond motifs is 16. The molecule has 276 valence electrons. The van der Waals surface area contributed by atoms with E-state index >= 15 is 0 Å². The summed E-state index contributed by atoms with van der Waals surface area (Å²) in [5, 5.41) is 0. The molecule has 2 unspecified atom stereocenters. The van der Waals surface area contributed by atoms with Crippen molar-refractivity contribution in [3.63, 3.8) is 0 Å². The number of nitrogens with zero attached hydrogens (tertiary/aromatic N) is 1. The van der Waals surface area contributed by atoms with Crippen LogP contribution in [0.1, 0.15) is 97.9 Å². The standard InChI is InChI=1S/C56H47N/c1-34-16-14-25-47-52(34)42-31-29-36(33-50(42)55(47,4)5)57(35-28-30-40-37-17-6-10-21-43(37)54(2,3)49(40)32-35)51-27-15-26-48-53(51)41-20-9-13-24-46(41)56(48)44-22-11-7-18-38(44)39-19-8-12-23-45(39)56/h6-13,15,17-34,52H,14,16H2,1-5H3. The Bertz CT molecular complexity index is 2850. The summed E-state index contributed by atoms with van der Waals surface area (Å²) in [6, 6.07) is 58.4. The fourth-order valence-corrected chi connectivity index (χ4v) is 12.4. The van der Waals surface area contributed by atoms with Crippen molar-refractivity contribution >= 4 is 17.1 Å². The van der Waals surface area contributed by atoms with Crippen LogP contribution in [0.5, 0.6) is 0 Å². The van der Waals surface area contributed by atoms with Crippen molar-refractivity contribution in [3.05, 3.63) is 208 Å². The van der Waals surface area contributed by atoms with E-state index in [2.05, 4.69) is 197 Å². The number of allylic oxidation sites excluding steroid dienone is 2. The lowest BCUT2D eigenvalue weighted by atomic mass is 9.70. The average molecular weight is 734 g/mol. The van der Waals surface area contributed by atoms with E-state index in [9.17, 15) is 0 Å². The third kappa shape index (κ3) is 4.10. The number of hydrogen-bond donors (Lipinski definition) is 0. The van der Waals surface area contributed by atoms with E-state index in [1.807, 2.05) is 0 Å². The topological polar surface area (TPSA) is 3.24 Å². The third-order valence-electron chi connectivity index (χ3n) is 15.0. The van der Waals surface area contributed by atoms with Crippen LogP contribution >= 0.6 is 0 Å². The van der Waals surface area contributed by atoms with Crippen molar-refractivity contribution in [2.75, 3.05) is 4.90 Å². The summed E-state index contributed by atoms with van der Waals surface area (Å²) >= 11 is 0. The van der Waals surface area contributed by atoms with Crippen LogP contribution in [0.25, 0.3) is 33.4 Å². The predicted octanol–water partition coefficient (Wildman–Crippen LogP) is 14.5. The monoisotopic (exact) mass is 733 g/mol. The van der Waals surface area contributed by atoms with Crippen molar-refractivity contribution < 1.29 is 0 Å². The first kappa shape index (κ1) is 33.2. The highest BCUT2D eigenvalue weighted by Crippen LogP contribution is 2.65. The average Bonchev–Trinajstić information content (AvgIpc) is 3.87. The first-order valence-electron chi connectivity index (χ1n) is 21.0. The van der Waals surface area contributed by atoms with Crippen LogP contribution in [0.2, 0.25) is 0 Å². The summed E-state index contributed by atoms with van der Waals surface area (Å²) < 4.78 is 0. The molecule has 0 radical (unpaired) electrons. The van der Waals surface area contributed by atoms with Gasteiger partial charge in [-0.25, -0.2) is 0 Å². The van der Waals surface area contributed by atoms with E-state index in [0.29, 0.717) is 11.8 Å². The lowest BCUT2D eigenvalue weighted by Gasteiger charge is -2.33. The maximum absolute atomic E-state index is 2.61. The number of anilines is 3.